The Morgan fingerprint density at radius 3 is 2.24 bits per heavy atom. The molecular weight excluding hydrogens is 336 g/mol. The number of carbonyl (C=O) groups excluding carboxylic acids is 1. The maximum Gasteiger partial charge on any atom is 0.251 e. The van der Waals surface area contributed by atoms with Gasteiger partial charge < -0.3 is 10.2 Å². The van der Waals surface area contributed by atoms with Crippen molar-refractivity contribution in [3.05, 3.63) is 70.8 Å². The van der Waals surface area contributed by atoms with Crippen molar-refractivity contribution in [1.82, 2.24) is 10.2 Å². The summed E-state index contributed by atoms with van der Waals surface area (Å²) in [7, 11) is 0.917. The van der Waals surface area contributed by atoms with Crippen molar-refractivity contribution in [2.75, 3.05) is 20.4 Å². The molecule has 0 spiro atoms. The van der Waals surface area contributed by atoms with Gasteiger partial charge in [0.25, 0.3) is 5.91 Å². The molecule has 0 aliphatic rings. The van der Waals surface area contributed by atoms with E-state index in [4.69, 9.17) is 0 Å². The molecule has 0 aromatic heterocycles. The molecule has 0 radical (unpaired) electrons. The first-order valence-corrected chi connectivity index (χ1v) is 10.1. The predicted molar refractivity (Wildman–Crippen MR) is 100.0 cm³/mol. The maximum atomic E-state index is 12.3. The normalized spacial score (nSPS) is 11.5. The summed E-state index contributed by atoms with van der Waals surface area (Å²) in [4.78, 5) is 14.4. The zero-order chi connectivity index (χ0) is 18.4. The van der Waals surface area contributed by atoms with Gasteiger partial charge in [-0.3, -0.25) is 4.79 Å². The molecule has 0 aliphatic carbocycles. The summed E-state index contributed by atoms with van der Waals surface area (Å²) in [6.45, 7) is 1.30. The minimum absolute atomic E-state index is 0.0680. The molecule has 2 aromatic carbocycles. The number of rotatable bonds is 7. The fourth-order valence-corrected chi connectivity index (χ4v) is 3.30. The molecule has 0 heterocycles. The Bertz CT molecular complexity index is 828. The van der Waals surface area contributed by atoms with E-state index in [1.54, 1.807) is 24.3 Å². The van der Waals surface area contributed by atoms with E-state index in [2.05, 4.69) is 10.2 Å². The Morgan fingerprint density at radius 1 is 1.00 bits per heavy atom. The zero-order valence-corrected chi connectivity index (χ0v) is 15.6. The van der Waals surface area contributed by atoms with E-state index in [-0.39, 0.29) is 11.7 Å². The standard InChI is InChI=1S/C19H24N2O3S/c1-21(2)13-16-9-7-15(8-10-16)12-20-19(22)18-6-4-5-17(11-18)14-25(3,23)24/h4-11H,12-14H2,1-3H3,(H,20,22). The molecule has 2 rings (SSSR count). The average molecular weight is 360 g/mol. The third-order valence-electron chi connectivity index (χ3n) is 3.59. The van der Waals surface area contributed by atoms with Gasteiger partial charge >= 0.3 is 0 Å². The highest BCUT2D eigenvalue weighted by atomic mass is 32.2. The molecule has 0 saturated heterocycles. The summed E-state index contributed by atoms with van der Waals surface area (Å²) < 4.78 is 22.8. The lowest BCUT2D eigenvalue weighted by molar-refractivity contribution is 0.0951. The molecule has 0 unspecified atom stereocenters. The van der Waals surface area contributed by atoms with Crippen LogP contribution in [0.1, 0.15) is 27.0 Å². The second kappa shape index (κ2) is 8.27. The molecule has 0 fully saturated rings. The summed E-state index contributed by atoms with van der Waals surface area (Å²) >= 11 is 0. The second-order valence-corrected chi connectivity index (χ2v) is 8.65. The number of nitrogens with zero attached hydrogens (tertiary/aromatic N) is 1. The van der Waals surface area contributed by atoms with Crippen molar-refractivity contribution in [2.24, 2.45) is 0 Å². The number of hydrogen-bond acceptors (Lipinski definition) is 4. The van der Waals surface area contributed by atoms with Gasteiger partial charge in [-0.2, -0.15) is 0 Å². The Kier molecular flexibility index (Phi) is 6.33. The molecule has 134 valence electrons. The fraction of sp³-hybridized carbons (Fsp3) is 0.316. The summed E-state index contributed by atoms with van der Waals surface area (Å²) in [5.74, 6) is -0.283. The molecule has 1 N–H and O–H groups in total. The first-order valence-electron chi connectivity index (χ1n) is 8.00. The molecule has 0 aliphatic heterocycles. The van der Waals surface area contributed by atoms with Crippen LogP contribution in [0.3, 0.4) is 0 Å². The Hall–Kier alpha value is -2.18. The summed E-state index contributed by atoms with van der Waals surface area (Å²) in [5, 5.41) is 2.87. The van der Waals surface area contributed by atoms with Crippen LogP contribution >= 0.6 is 0 Å². The quantitative estimate of drug-likeness (QED) is 0.822. The van der Waals surface area contributed by atoms with Gasteiger partial charge in [0.1, 0.15) is 0 Å². The topological polar surface area (TPSA) is 66.5 Å². The average Bonchev–Trinajstić information content (AvgIpc) is 2.52. The van der Waals surface area contributed by atoms with Crippen LogP contribution in [0.5, 0.6) is 0 Å². The Balaban J connectivity index is 1.97. The number of benzene rings is 2. The first-order chi connectivity index (χ1) is 11.7. The predicted octanol–water partition coefficient (Wildman–Crippen LogP) is 2.22. The smallest absolute Gasteiger partial charge is 0.251 e. The van der Waals surface area contributed by atoms with Gasteiger partial charge in [0.2, 0.25) is 0 Å². The van der Waals surface area contributed by atoms with E-state index in [0.29, 0.717) is 17.7 Å². The largest absolute Gasteiger partial charge is 0.348 e. The third-order valence-corrected chi connectivity index (χ3v) is 4.45. The van der Waals surface area contributed by atoms with Gasteiger partial charge in [-0.25, -0.2) is 8.42 Å². The van der Waals surface area contributed by atoms with Gasteiger partial charge in [0.05, 0.1) is 5.75 Å². The highest BCUT2D eigenvalue weighted by molar-refractivity contribution is 7.89. The SMILES string of the molecule is CN(C)Cc1ccc(CNC(=O)c2cccc(CS(C)(=O)=O)c2)cc1. The molecule has 5 nitrogen and oxygen atoms in total. The van der Waals surface area contributed by atoms with Crippen molar-refractivity contribution >= 4 is 15.7 Å². The molecule has 0 bridgehead atoms. The molecule has 2 aromatic rings. The van der Waals surface area contributed by atoms with E-state index in [0.717, 1.165) is 12.1 Å². The van der Waals surface area contributed by atoms with E-state index in [1.807, 2.05) is 38.4 Å². The number of sulfone groups is 1. The van der Waals surface area contributed by atoms with Crippen molar-refractivity contribution in [1.29, 1.82) is 0 Å². The summed E-state index contributed by atoms with van der Waals surface area (Å²) in [6, 6.07) is 14.8. The second-order valence-electron chi connectivity index (χ2n) is 6.51. The fourth-order valence-electron chi connectivity index (χ4n) is 2.52. The van der Waals surface area contributed by atoms with Crippen molar-refractivity contribution < 1.29 is 13.2 Å². The molecule has 0 saturated carbocycles. The van der Waals surface area contributed by atoms with Gasteiger partial charge in [-0.15, -0.1) is 0 Å². The van der Waals surface area contributed by atoms with Crippen LogP contribution in [0, 0.1) is 0 Å². The van der Waals surface area contributed by atoms with Crippen molar-refractivity contribution in [2.45, 2.75) is 18.8 Å². The minimum Gasteiger partial charge on any atom is -0.348 e. The van der Waals surface area contributed by atoms with Crippen LogP contribution in [0.25, 0.3) is 0 Å². The lowest BCUT2D eigenvalue weighted by Gasteiger charge is -2.11. The minimum atomic E-state index is -3.12. The van der Waals surface area contributed by atoms with Crippen LogP contribution in [0.15, 0.2) is 48.5 Å². The van der Waals surface area contributed by atoms with Gasteiger partial charge in [0.15, 0.2) is 9.84 Å². The number of amides is 1. The molecule has 0 atom stereocenters. The number of nitrogens with one attached hydrogen (secondary N) is 1. The van der Waals surface area contributed by atoms with Crippen LogP contribution in [0.4, 0.5) is 0 Å². The lowest BCUT2D eigenvalue weighted by atomic mass is 10.1. The third kappa shape index (κ3) is 6.68. The summed E-state index contributed by atoms with van der Waals surface area (Å²) in [5.41, 5.74) is 3.31. The first kappa shape index (κ1) is 19.1. The monoisotopic (exact) mass is 360 g/mol. The van der Waals surface area contributed by atoms with Crippen LogP contribution in [-0.4, -0.2) is 39.6 Å². The molecule has 25 heavy (non-hydrogen) atoms. The summed E-state index contributed by atoms with van der Waals surface area (Å²) in [6.07, 6.45) is 1.18. The molecular formula is C19H24N2O3S. The highest BCUT2D eigenvalue weighted by Crippen LogP contribution is 2.10. The molecule has 1 amide bonds. The van der Waals surface area contributed by atoms with E-state index >= 15 is 0 Å². The number of carbonyl (C=O) groups is 1. The van der Waals surface area contributed by atoms with Crippen LogP contribution < -0.4 is 5.32 Å². The van der Waals surface area contributed by atoms with Crippen molar-refractivity contribution in [3.8, 4) is 0 Å². The van der Waals surface area contributed by atoms with E-state index in [1.165, 1.54) is 11.8 Å². The highest BCUT2D eigenvalue weighted by Gasteiger charge is 2.09. The number of hydrogen-bond donors (Lipinski definition) is 1. The maximum absolute atomic E-state index is 12.3. The Morgan fingerprint density at radius 2 is 1.64 bits per heavy atom. The van der Waals surface area contributed by atoms with Crippen molar-refractivity contribution in [3.63, 3.8) is 0 Å². The Labute approximate surface area is 149 Å². The van der Waals surface area contributed by atoms with Gasteiger partial charge in [-0.1, -0.05) is 36.4 Å². The lowest BCUT2D eigenvalue weighted by Crippen LogP contribution is -2.23. The van der Waals surface area contributed by atoms with Gasteiger partial charge in [-0.05, 0) is 42.9 Å². The van der Waals surface area contributed by atoms with Crippen LogP contribution in [0.2, 0.25) is 0 Å². The van der Waals surface area contributed by atoms with E-state index in [9.17, 15) is 13.2 Å². The molecule has 6 heteroatoms. The zero-order valence-electron chi connectivity index (χ0n) is 14.8. The van der Waals surface area contributed by atoms with Crippen LogP contribution in [-0.2, 0) is 28.7 Å². The van der Waals surface area contributed by atoms with Gasteiger partial charge in [0, 0.05) is 24.9 Å². The van der Waals surface area contributed by atoms with E-state index < -0.39 is 9.84 Å².